The molecule has 4 heteroatoms. The molecule has 50 valence electrons. The van der Waals surface area contributed by atoms with E-state index in [-0.39, 0.29) is 57.4 Å². The van der Waals surface area contributed by atoms with E-state index >= 15 is 0 Å². The summed E-state index contributed by atoms with van der Waals surface area (Å²) in [4.78, 5) is 10.1. The molecule has 0 radical (unpaired) electrons. The number of carbonyl (C=O) groups is 1. The fraction of sp³-hybridized carbons (Fsp3) is 0.800. The van der Waals surface area contributed by atoms with Crippen molar-refractivity contribution in [3.05, 3.63) is 0 Å². The van der Waals surface area contributed by atoms with Gasteiger partial charge in [-0.05, 0) is 13.0 Å². The van der Waals surface area contributed by atoms with Crippen LogP contribution < -0.4 is 5.73 Å². The molecule has 0 amide bonds. The first-order valence-electron chi connectivity index (χ1n) is 2.61. The maximum absolute atomic E-state index is 10.1. The van der Waals surface area contributed by atoms with Gasteiger partial charge < -0.3 is 10.5 Å². The van der Waals surface area contributed by atoms with E-state index in [4.69, 9.17) is 5.73 Å². The Morgan fingerprint density at radius 1 is 1.67 bits per heavy atom. The normalized spacial score (nSPS) is 7.78. The molecule has 0 aliphatic heterocycles. The summed E-state index contributed by atoms with van der Waals surface area (Å²) in [6, 6.07) is 0. The molecule has 0 aromatic carbocycles. The zero-order valence-electron chi connectivity index (χ0n) is 5.02. The molecule has 0 bridgehead atoms. The summed E-state index contributed by atoms with van der Waals surface area (Å²) in [6.07, 6.45) is 0.750. The Labute approximate surface area is 97.7 Å². The van der Waals surface area contributed by atoms with Gasteiger partial charge in [0.25, 0.3) is 0 Å². The monoisotopic (exact) mass is 157 g/mol. The Bertz CT molecular complexity index is 77.4. The third kappa shape index (κ3) is 12.3. The van der Waals surface area contributed by atoms with Crippen molar-refractivity contribution in [2.75, 3.05) is 13.2 Å². The molecule has 0 atom stereocenters. The molecule has 0 spiro atoms. The van der Waals surface area contributed by atoms with Crippen LogP contribution in [0.2, 0.25) is 0 Å². The van der Waals surface area contributed by atoms with Crippen molar-refractivity contribution in [1.82, 2.24) is 0 Å². The summed E-state index contributed by atoms with van der Waals surface area (Å²) in [7, 11) is 0. The van der Waals surface area contributed by atoms with Crippen molar-refractivity contribution in [3.8, 4) is 0 Å². The molecule has 0 fully saturated rings. The number of carbonyl (C=O) groups excluding carboxylic acids is 1. The molecule has 0 aliphatic carbocycles. The maximum atomic E-state index is 10.1. The number of esters is 1. The van der Waals surface area contributed by atoms with Gasteiger partial charge in [-0.25, -0.2) is 0 Å². The van der Waals surface area contributed by atoms with Gasteiger partial charge in [0.15, 0.2) is 0 Å². The van der Waals surface area contributed by atoms with Crippen LogP contribution in [0.1, 0.15) is 13.3 Å². The minimum atomic E-state index is -0.238. The Hall–Kier alpha value is 1.07. The third-order valence-electron chi connectivity index (χ3n) is 0.654. The van der Waals surface area contributed by atoms with E-state index in [0.717, 1.165) is 6.42 Å². The van der Waals surface area contributed by atoms with Gasteiger partial charge in [0.05, 0.1) is 6.61 Å². The molecule has 0 aromatic heterocycles. The summed E-state index contributed by atoms with van der Waals surface area (Å²) in [6.45, 7) is 2.41. The molecule has 0 heterocycles. The first-order chi connectivity index (χ1) is 3.77. The second kappa shape index (κ2) is 9.07. The van der Waals surface area contributed by atoms with Crippen molar-refractivity contribution < 1.29 is 9.53 Å². The SMILES string of the molecule is CC(=O)OCCCN.[KH]. The zero-order chi connectivity index (χ0) is 6.41. The standard InChI is InChI=1S/C5H11NO2.K.H/c1-5(7)8-4-2-3-6;;/h2-4,6H2,1H3;;. The summed E-state index contributed by atoms with van der Waals surface area (Å²) < 4.78 is 4.56. The second-order valence-electron chi connectivity index (χ2n) is 1.48. The van der Waals surface area contributed by atoms with E-state index in [1.807, 2.05) is 0 Å². The quantitative estimate of drug-likeness (QED) is 0.333. The molecular formula is C5H12KNO2. The molecule has 0 saturated heterocycles. The van der Waals surface area contributed by atoms with Crippen LogP contribution in [0.15, 0.2) is 0 Å². The first-order valence-corrected chi connectivity index (χ1v) is 2.61. The van der Waals surface area contributed by atoms with E-state index < -0.39 is 0 Å². The van der Waals surface area contributed by atoms with Gasteiger partial charge >= 0.3 is 57.4 Å². The Morgan fingerprint density at radius 2 is 2.22 bits per heavy atom. The molecule has 0 saturated carbocycles. The van der Waals surface area contributed by atoms with Crippen LogP contribution in [-0.2, 0) is 9.53 Å². The fourth-order valence-electron chi connectivity index (χ4n) is 0.299. The first kappa shape index (κ1) is 12.7. The number of nitrogens with two attached hydrogens (primary N) is 1. The number of rotatable bonds is 3. The summed E-state index contributed by atoms with van der Waals surface area (Å²) in [5, 5.41) is 0. The minimum absolute atomic E-state index is 0. The second-order valence-corrected chi connectivity index (χ2v) is 1.48. The van der Waals surface area contributed by atoms with Crippen molar-refractivity contribution >= 4 is 57.4 Å². The molecule has 0 rings (SSSR count). The Morgan fingerprint density at radius 3 is 2.56 bits per heavy atom. The van der Waals surface area contributed by atoms with E-state index in [9.17, 15) is 4.79 Å². The van der Waals surface area contributed by atoms with Crippen LogP contribution in [-0.4, -0.2) is 70.5 Å². The number of hydrogen-bond acceptors (Lipinski definition) is 3. The average Bonchev–Trinajstić information content (AvgIpc) is 1.66. The van der Waals surface area contributed by atoms with Crippen LogP contribution >= 0.6 is 0 Å². The van der Waals surface area contributed by atoms with E-state index in [1.165, 1.54) is 6.92 Å². The van der Waals surface area contributed by atoms with Crippen molar-refractivity contribution in [2.45, 2.75) is 13.3 Å². The van der Waals surface area contributed by atoms with Gasteiger partial charge in [0, 0.05) is 6.92 Å². The Kier molecular flexibility index (Phi) is 12.8. The van der Waals surface area contributed by atoms with Gasteiger partial charge in [-0.1, -0.05) is 0 Å². The van der Waals surface area contributed by atoms with Crippen LogP contribution in [0.25, 0.3) is 0 Å². The summed E-state index contributed by atoms with van der Waals surface area (Å²) in [5.41, 5.74) is 5.12. The van der Waals surface area contributed by atoms with Crippen LogP contribution in [0.4, 0.5) is 0 Å². The fourth-order valence-corrected chi connectivity index (χ4v) is 0.299. The average molecular weight is 157 g/mol. The molecule has 0 aliphatic rings. The van der Waals surface area contributed by atoms with Crippen LogP contribution in [0.3, 0.4) is 0 Å². The Balaban J connectivity index is 0. The predicted octanol–water partition coefficient (Wildman–Crippen LogP) is -0.750. The van der Waals surface area contributed by atoms with Crippen LogP contribution in [0, 0.1) is 0 Å². The van der Waals surface area contributed by atoms with E-state index in [1.54, 1.807) is 0 Å². The van der Waals surface area contributed by atoms with Crippen molar-refractivity contribution in [1.29, 1.82) is 0 Å². The molecule has 3 nitrogen and oxygen atoms in total. The third-order valence-corrected chi connectivity index (χ3v) is 0.654. The number of hydrogen-bond donors (Lipinski definition) is 1. The van der Waals surface area contributed by atoms with Gasteiger partial charge in [0.1, 0.15) is 0 Å². The summed E-state index contributed by atoms with van der Waals surface area (Å²) in [5.74, 6) is -0.238. The van der Waals surface area contributed by atoms with Crippen molar-refractivity contribution in [3.63, 3.8) is 0 Å². The molecule has 0 aromatic rings. The number of ether oxygens (including phenoxy) is 1. The van der Waals surface area contributed by atoms with Crippen LogP contribution in [0.5, 0.6) is 0 Å². The van der Waals surface area contributed by atoms with E-state index in [0.29, 0.717) is 13.2 Å². The van der Waals surface area contributed by atoms with E-state index in [2.05, 4.69) is 4.74 Å². The molecular weight excluding hydrogens is 145 g/mol. The zero-order valence-corrected chi connectivity index (χ0v) is 5.02. The van der Waals surface area contributed by atoms with Crippen molar-refractivity contribution in [2.24, 2.45) is 5.73 Å². The molecule has 0 unspecified atom stereocenters. The molecule has 2 N–H and O–H groups in total. The van der Waals surface area contributed by atoms with Gasteiger partial charge in [-0.2, -0.15) is 0 Å². The van der Waals surface area contributed by atoms with Gasteiger partial charge in [0.2, 0.25) is 0 Å². The van der Waals surface area contributed by atoms with Gasteiger partial charge in [-0.15, -0.1) is 0 Å². The molecule has 9 heavy (non-hydrogen) atoms. The van der Waals surface area contributed by atoms with Gasteiger partial charge in [-0.3, -0.25) is 4.79 Å². The summed E-state index contributed by atoms with van der Waals surface area (Å²) >= 11 is 0. The predicted molar refractivity (Wildman–Crippen MR) is 37.5 cm³/mol. The topological polar surface area (TPSA) is 52.3 Å².